The fraction of sp³-hybridized carbons (Fsp3) is 0.240. The van der Waals surface area contributed by atoms with Crippen LogP contribution in [0.4, 0.5) is 5.82 Å². The highest BCUT2D eigenvalue weighted by Gasteiger charge is 2.31. The predicted molar refractivity (Wildman–Crippen MR) is 120 cm³/mol. The van der Waals surface area contributed by atoms with Crippen LogP contribution in [0.25, 0.3) is 0 Å². The lowest BCUT2D eigenvalue weighted by Crippen LogP contribution is -2.26. The van der Waals surface area contributed by atoms with Gasteiger partial charge in [0.25, 0.3) is 11.8 Å². The summed E-state index contributed by atoms with van der Waals surface area (Å²) in [6.45, 7) is 8.77. The molecular weight excluding hydrogens is 392 g/mol. The number of anilines is 1. The Bertz CT molecular complexity index is 1120. The molecule has 0 saturated heterocycles. The quantitative estimate of drug-likeness (QED) is 0.605. The summed E-state index contributed by atoms with van der Waals surface area (Å²) in [6, 6.07) is 17.3. The highest BCUT2D eigenvalue weighted by Crippen LogP contribution is 2.30. The molecule has 6 nitrogen and oxygen atoms in total. The standard InChI is InChI=1S/C25H26N2O4/c1-16-17(2)27(23(29)19-14-10-7-11-15-19)21(20(16)24(30)31-25(3,4)5)26-22(28)18-12-8-6-9-13-18/h6-15H,1-5H3,(H,26,28). The summed E-state index contributed by atoms with van der Waals surface area (Å²) in [7, 11) is 0. The predicted octanol–water partition coefficient (Wildman–Crippen LogP) is 5.00. The number of amides is 1. The van der Waals surface area contributed by atoms with E-state index >= 15 is 0 Å². The zero-order valence-electron chi connectivity index (χ0n) is 18.4. The average molecular weight is 418 g/mol. The molecule has 160 valence electrons. The fourth-order valence-electron chi connectivity index (χ4n) is 3.24. The number of hydrogen-bond acceptors (Lipinski definition) is 4. The molecular formula is C25H26N2O4. The molecule has 1 aromatic heterocycles. The molecule has 0 saturated carbocycles. The summed E-state index contributed by atoms with van der Waals surface area (Å²) in [4.78, 5) is 39.3. The van der Waals surface area contributed by atoms with Gasteiger partial charge in [-0.25, -0.2) is 4.79 Å². The minimum absolute atomic E-state index is 0.104. The Hall–Kier alpha value is -3.67. The first-order chi connectivity index (χ1) is 14.6. The monoisotopic (exact) mass is 418 g/mol. The third-order valence-corrected chi connectivity index (χ3v) is 4.81. The van der Waals surface area contributed by atoms with Crippen LogP contribution in [0.1, 0.15) is 63.1 Å². The maximum absolute atomic E-state index is 13.3. The molecule has 1 N–H and O–H groups in total. The molecule has 3 aromatic rings. The number of carbonyl (C=O) groups is 3. The fourth-order valence-corrected chi connectivity index (χ4v) is 3.24. The Labute approximate surface area is 181 Å². The molecule has 1 amide bonds. The highest BCUT2D eigenvalue weighted by molar-refractivity contribution is 6.11. The van der Waals surface area contributed by atoms with Gasteiger partial charge >= 0.3 is 5.97 Å². The van der Waals surface area contributed by atoms with Gasteiger partial charge in [-0.05, 0) is 64.4 Å². The molecule has 0 aliphatic rings. The van der Waals surface area contributed by atoms with Crippen LogP contribution in [0.3, 0.4) is 0 Å². The number of aromatic nitrogens is 1. The lowest BCUT2D eigenvalue weighted by molar-refractivity contribution is 0.00701. The summed E-state index contributed by atoms with van der Waals surface area (Å²) in [5, 5.41) is 2.78. The number of hydrogen-bond donors (Lipinski definition) is 1. The largest absolute Gasteiger partial charge is 0.456 e. The van der Waals surface area contributed by atoms with Crippen LogP contribution < -0.4 is 5.32 Å². The van der Waals surface area contributed by atoms with Crippen LogP contribution in [0.15, 0.2) is 60.7 Å². The maximum atomic E-state index is 13.3. The van der Waals surface area contributed by atoms with Crippen molar-refractivity contribution in [2.75, 3.05) is 5.32 Å². The second-order valence-corrected chi connectivity index (χ2v) is 8.26. The van der Waals surface area contributed by atoms with Crippen LogP contribution in [-0.4, -0.2) is 28.0 Å². The number of esters is 1. The smallest absolute Gasteiger partial charge is 0.342 e. The topological polar surface area (TPSA) is 77.4 Å². The maximum Gasteiger partial charge on any atom is 0.342 e. The van der Waals surface area contributed by atoms with Crippen LogP contribution >= 0.6 is 0 Å². The highest BCUT2D eigenvalue weighted by atomic mass is 16.6. The number of nitrogens with zero attached hydrogens (tertiary/aromatic N) is 1. The van der Waals surface area contributed by atoms with E-state index in [0.29, 0.717) is 22.4 Å². The molecule has 0 unspecified atom stereocenters. The van der Waals surface area contributed by atoms with E-state index in [2.05, 4.69) is 5.32 Å². The summed E-state index contributed by atoms with van der Waals surface area (Å²) in [5.41, 5.74) is 1.41. The molecule has 31 heavy (non-hydrogen) atoms. The Balaban J connectivity index is 2.16. The Kier molecular flexibility index (Phi) is 6.11. The molecule has 2 aromatic carbocycles. The number of nitrogens with one attached hydrogen (secondary N) is 1. The lowest BCUT2D eigenvalue weighted by Gasteiger charge is -2.20. The number of ether oxygens (including phenoxy) is 1. The van der Waals surface area contributed by atoms with Crippen LogP contribution in [-0.2, 0) is 4.74 Å². The average Bonchev–Trinajstić information content (AvgIpc) is 2.97. The van der Waals surface area contributed by atoms with Crippen molar-refractivity contribution in [3.63, 3.8) is 0 Å². The van der Waals surface area contributed by atoms with Gasteiger partial charge in [0.1, 0.15) is 17.0 Å². The van der Waals surface area contributed by atoms with E-state index in [0.717, 1.165) is 0 Å². The third kappa shape index (κ3) is 4.74. The Morgan fingerprint density at radius 1 is 0.839 bits per heavy atom. The summed E-state index contributed by atoms with van der Waals surface area (Å²) in [5.74, 6) is -1.27. The van der Waals surface area contributed by atoms with Crippen molar-refractivity contribution in [2.45, 2.75) is 40.2 Å². The Morgan fingerprint density at radius 3 is 1.87 bits per heavy atom. The van der Waals surface area contributed by atoms with Crippen molar-refractivity contribution < 1.29 is 19.1 Å². The molecule has 0 fully saturated rings. The van der Waals surface area contributed by atoms with Crippen molar-refractivity contribution in [3.8, 4) is 0 Å². The van der Waals surface area contributed by atoms with Crippen molar-refractivity contribution in [1.82, 2.24) is 4.57 Å². The lowest BCUT2D eigenvalue weighted by atomic mass is 10.1. The van der Waals surface area contributed by atoms with Gasteiger partial charge in [0.05, 0.1) is 0 Å². The van der Waals surface area contributed by atoms with E-state index in [4.69, 9.17) is 4.74 Å². The first-order valence-corrected chi connectivity index (χ1v) is 10.0. The van der Waals surface area contributed by atoms with Crippen molar-refractivity contribution >= 4 is 23.6 Å². The molecule has 0 atom stereocenters. The normalized spacial score (nSPS) is 11.1. The van der Waals surface area contributed by atoms with E-state index in [-0.39, 0.29) is 17.3 Å². The molecule has 0 bridgehead atoms. The van der Waals surface area contributed by atoms with Crippen molar-refractivity contribution in [2.24, 2.45) is 0 Å². The SMILES string of the molecule is Cc1c(C(=O)OC(C)(C)C)c(NC(=O)c2ccccc2)n(C(=O)c2ccccc2)c1C. The van der Waals surface area contributed by atoms with Crippen LogP contribution in [0, 0.1) is 13.8 Å². The van der Waals surface area contributed by atoms with Gasteiger partial charge in [-0.3, -0.25) is 14.2 Å². The molecule has 0 radical (unpaired) electrons. The zero-order chi connectivity index (χ0) is 22.8. The molecule has 3 rings (SSSR count). The van der Waals surface area contributed by atoms with Gasteiger partial charge in [-0.2, -0.15) is 0 Å². The minimum Gasteiger partial charge on any atom is -0.456 e. The van der Waals surface area contributed by atoms with E-state index in [9.17, 15) is 14.4 Å². The molecule has 6 heteroatoms. The van der Waals surface area contributed by atoms with Crippen LogP contribution in [0.2, 0.25) is 0 Å². The first-order valence-electron chi connectivity index (χ1n) is 10.0. The van der Waals surface area contributed by atoms with E-state index in [1.165, 1.54) is 4.57 Å². The Morgan fingerprint density at radius 2 is 1.35 bits per heavy atom. The zero-order valence-corrected chi connectivity index (χ0v) is 18.4. The second kappa shape index (κ2) is 8.60. The van der Waals surface area contributed by atoms with Crippen molar-refractivity contribution in [1.29, 1.82) is 0 Å². The van der Waals surface area contributed by atoms with Crippen LogP contribution in [0.5, 0.6) is 0 Å². The first kappa shape index (κ1) is 22.0. The number of benzene rings is 2. The van der Waals surface area contributed by atoms with E-state index in [1.54, 1.807) is 89.2 Å². The van der Waals surface area contributed by atoms with Gasteiger partial charge in [0.15, 0.2) is 0 Å². The van der Waals surface area contributed by atoms with Crippen molar-refractivity contribution in [3.05, 3.63) is 88.6 Å². The second-order valence-electron chi connectivity index (χ2n) is 8.26. The summed E-state index contributed by atoms with van der Waals surface area (Å²) >= 11 is 0. The molecule has 0 aliphatic heterocycles. The van der Waals surface area contributed by atoms with Gasteiger partial charge in [0, 0.05) is 16.8 Å². The van der Waals surface area contributed by atoms with Gasteiger partial charge in [-0.1, -0.05) is 36.4 Å². The summed E-state index contributed by atoms with van der Waals surface area (Å²) in [6.07, 6.45) is 0. The van der Waals surface area contributed by atoms with Gasteiger partial charge in [-0.15, -0.1) is 0 Å². The number of rotatable bonds is 4. The molecule has 0 spiro atoms. The molecule has 0 aliphatic carbocycles. The summed E-state index contributed by atoms with van der Waals surface area (Å²) < 4.78 is 6.94. The van der Waals surface area contributed by atoms with Gasteiger partial charge in [0.2, 0.25) is 0 Å². The van der Waals surface area contributed by atoms with E-state index < -0.39 is 17.5 Å². The molecule has 1 heterocycles. The van der Waals surface area contributed by atoms with E-state index in [1.807, 2.05) is 6.07 Å². The minimum atomic E-state index is -0.732. The number of carbonyl (C=O) groups excluding carboxylic acids is 3. The third-order valence-electron chi connectivity index (χ3n) is 4.81. The van der Waals surface area contributed by atoms with Gasteiger partial charge < -0.3 is 10.1 Å².